The van der Waals surface area contributed by atoms with E-state index in [0.29, 0.717) is 5.56 Å². The van der Waals surface area contributed by atoms with Gasteiger partial charge in [0.2, 0.25) is 0 Å². The van der Waals surface area contributed by atoms with Crippen molar-refractivity contribution in [2.75, 3.05) is 19.0 Å². The molecule has 0 aliphatic carbocycles. The molecular formula is C12H13F3INO. The van der Waals surface area contributed by atoms with Crippen LogP contribution in [0, 0.1) is 0 Å². The first-order chi connectivity index (χ1) is 8.21. The molecule has 18 heavy (non-hydrogen) atoms. The minimum Gasteiger partial charge on any atom is -0.379 e. The number of anilines is 1. The number of hydrogen-bond acceptors (Lipinski definition) is 2. The highest BCUT2D eigenvalue weighted by atomic mass is 127. The van der Waals surface area contributed by atoms with E-state index in [0.717, 1.165) is 5.69 Å². The Kier molecular flexibility index (Phi) is 5.03. The quantitative estimate of drug-likeness (QED) is 0.823. The lowest BCUT2D eigenvalue weighted by Gasteiger charge is -2.14. The van der Waals surface area contributed by atoms with Crippen LogP contribution in [-0.2, 0) is 0 Å². The molecule has 0 spiro atoms. The van der Waals surface area contributed by atoms with Gasteiger partial charge in [-0.15, -0.1) is 0 Å². The van der Waals surface area contributed by atoms with Crippen LogP contribution in [0.15, 0.2) is 27.8 Å². The number of aliphatic hydroxyl groups is 1. The van der Waals surface area contributed by atoms with Crippen LogP contribution in [0.2, 0.25) is 0 Å². The average molecular weight is 371 g/mol. The zero-order chi connectivity index (χ0) is 13.9. The molecule has 1 rings (SSSR count). The molecule has 0 aliphatic heterocycles. The summed E-state index contributed by atoms with van der Waals surface area (Å²) in [6, 6.07) is 7.01. The number of halogens is 4. The minimum absolute atomic E-state index is 0.155. The summed E-state index contributed by atoms with van der Waals surface area (Å²) < 4.78 is 36.7. The number of rotatable bonds is 3. The van der Waals surface area contributed by atoms with Crippen molar-refractivity contribution < 1.29 is 18.3 Å². The number of alkyl halides is 3. The second-order valence-corrected chi connectivity index (χ2v) is 5.20. The number of benzene rings is 1. The molecule has 0 aliphatic rings. The summed E-state index contributed by atoms with van der Waals surface area (Å²) in [4.78, 5) is 1.89. The lowest BCUT2D eigenvalue weighted by atomic mass is 10.1. The highest BCUT2D eigenvalue weighted by Crippen LogP contribution is 2.30. The van der Waals surface area contributed by atoms with E-state index in [1.54, 1.807) is 24.3 Å². The SMILES string of the molecule is CN(C)c1ccc(/C=C(\I)C(O)C(F)(F)F)cc1. The van der Waals surface area contributed by atoms with Gasteiger partial charge in [0.25, 0.3) is 0 Å². The second-order valence-electron chi connectivity index (χ2n) is 3.96. The Hall–Kier alpha value is -0.760. The first-order valence-electron chi connectivity index (χ1n) is 5.11. The van der Waals surface area contributed by atoms with Crippen molar-refractivity contribution in [1.82, 2.24) is 0 Å². The van der Waals surface area contributed by atoms with Crippen LogP contribution < -0.4 is 4.90 Å². The van der Waals surface area contributed by atoms with Gasteiger partial charge in [0.05, 0.1) is 0 Å². The molecule has 2 nitrogen and oxygen atoms in total. The smallest absolute Gasteiger partial charge is 0.379 e. The molecule has 1 aromatic carbocycles. The Balaban J connectivity index is 2.89. The fourth-order valence-corrected chi connectivity index (χ4v) is 1.98. The molecule has 100 valence electrons. The molecule has 0 fully saturated rings. The van der Waals surface area contributed by atoms with E-state index >= 15 is 0 Å². The van der Waals surface area contributed by atoms with Crippen molar-refractivity contribution in [3.05, 3.63) is 33.4 Å². The van der Waals surface area contributed by atoms with Crippen LogP contribution in [0.3, 0.4) is 0 Å². The van der Waals surface area contributed by atoms with Crippen LogP contribution in [0.4, 0.5) is 18.9 Å². The summed E-state index contributed by atoms with van der Waals surface area (Å²) >= 11 is 1.50. The molecule has 1 N–H and O–H groups in total. The maximum absolute atomic E-state index is 12.3. The Bertz CT molecular complexity index is 426. The Labute approximate surface area is 117 Å². The summed E-state index contributed by atoms with van der Waals surface area (Å²) in [6.07, 6.45) is -5.74. The van der Waals surface area contributed by atoms with E-state index in [1.165, 1.54) is 28.7 Å². The first-order valence-corrected chi connectivity index (χ1v) is 6.19. The normalized spacial score (nSPS) is 14.5. The molecule has 0 bridgehead atoms. The predicted molar refractivity (Wildman–Crippen MR) is 74.8 cm³/mol. The fraction of sp³-hybridized carbons (Fsp3) is 0.333. The third kappa shape index (κ3) is 4.16. The van der Waals surface area contributed by atoms with Gasteiger partial charge in [-0.25, -0.2) is 0 Å². The zero-order valence-corrected chi connectivity index (χ0v) is 12.0. The molecule has 0 saturated carbocycles. The van der Waals surface area contributed by atoms with E-state index in [1.807, 2.05) is 19.0 Å². The average Bonchev–Trinajstić information content (AvgIpc) is 2.27. The Morgan fingerprint density at radius 2 is 1.78 bits per heavy atom. The molecule has 0 amide bonds. The maximum Gasteiger partial charge on any atom is 0.419 e. The standard InChI is InChI=1S/C12H13F3INO/c1-17(2)9-5-3-8(4-6-9)7-10(16)11(18)12(13,14)15/h3-7,11,18H,1-2H3/b10-7-. The minimum atomic E-state index is -4.63. The van der Waals surface area contributed by atoms with Crippen molar-refractivity contribution >= 4 is 34.4 Å². The van der Waals surface area contributed by atoms with Crippen LogP contribution in [0.25, 0.3) is 6.08 Å². The number of aliphatic hydroxyl groups excluding tert-OH is 1. The molecule has 0 aromatic heterocycles. The van der Waals surface area contributed by atoms with Gasteiger partial charge in [-0.1, -0.05) is 12.1 Å². The van der Waals surface area contributed by atoms with E-state index in [9.17, 15) is 13.2 Å². The number of hydrogen-bond donors (Lipinski definition) is 1. The lowest BCUT2D eigenvalue weighted by Crippen LogP contribution is -2.28. The topological polar surface area (TPSA) is 23.5 Å². The highest BCUT2D eigenvalue weighted by Gasteiger charge is 2.39. The molecule has 1 atom stereocenters. The Morgan fingerprint density at radius 1 is 1.28 bits per heavy atom. The summed E-state index contributed by atoms with van der Waals surface area (Å²) in [5.41, 5.74) is 1.58. The summed E-state index contributed by atoms with van der Waals surface area (Å²) in [5.74, 6) is 0. The van der Waals surface area contributed by atoms with E-state index < -0.39 is 12.3 Å². The Morgan fingerprint density at radius 3 is 2.17 bits per heavy atom. The number of nitrogens with zero attached hydrogens (tertiary/aromatic N) is 1. The van der Waals surface area contributed by atoms with Crippen molar-refractivity contribution in [2.24, 2.45) is 0 Å². The van der Waals surface area contributed by atoms with Gasteiger partial charge in [0.1, 0.15) is 0 Å². The van der Waals surface area contributed by atoms with Crippen LogP contribution in [-0.4, -0.2) is 31.5 Å². The third-order valence-electron chi connectivity index (χ3n) is 2.29. The maximum atomic E-state index is 12.3. The lowest BCUT2D eigenvalue weighted by molar-refractivity contribution is -0.188. The van der Waals surface area contributed by atoms with E-state index in [4.69, 9.17) is 5.11 Å². The van der Waals surface area contributed by atoms with Gasteiger partial charge >= 0.3 is 6.18 Å². The largest absolute Gasteiger partial charge is 0.419 e. The molecule has 0 heterocycles. The fourth-order valence-electron chi connectivity index (χ4n) is 1.26. The van der Waals surface area contributed by atoms with Crippen molar-refractivity contribution in [3.8, 4) is 0 Å². The summed E-state index contributed by atoms with van der Waals surface area (Å²) in [7, 11) is 3.75. The van der Waals surface area contributed by atoms with Gasteiger partial charge in [-0.3, -0.25) is 0 Å². The molecule has 0 radical (unpaired) electrons. The van der Waals surface area contributed by atoms with Gasteiger partial charge in [0.15, 0.2) is 6.10 Å². The summed E-state index contributed by atoms with van der Waals surface area (Å²) in [5, 5.41) is 9.05. The van der Waals surface area contributed by atoms with E-state index in [2.05, 4.69) is 0 Å². The van der Waals surface area contributed by atoms with Crippen LogP contribution >= 0.6 is 22.6 Å². The van der Waals surface area contributed by atoms with Crippen molar-refractivity contribution in [3.63, 3.8) is 0 Å². The predicted octanol–water partition coefficient (Wildman–Crippen LogP) is 3.45. The summed E-state index contributed by atoms with van der Waals surface area (Å²) in [6.45, 7) is 0. The van der Waals surface area contributed by atoms with Gasteiger partial charge < -0.3 is 10.0 Å². The monoisotopic (exact) mass is 371 g/mol. The van der Waals surface area contributed by atoms with Gasteiger partial charge in [0, 0.05) is 23.4 Å². The third-order valence-corrected chi connectivity index (χ3v) is 3.19. The highest BCUT2D eigenvalue weighted by molar-refractivity contribution is 14.1. The molecular weight excluding hydrogens is 358 g/mol. The van der Waals surface area contributed by atoms with Crippen LogP contribution in [0.1, 0.15) is 5.56 Å². The zero-order valence-electron chi connectivity index (χ0n) is 9.87. The molecule has 1 aromatic rings. The molecule has 6 heteroatoms. The van der Waals surface area contributed by atoms with Gasteiger partial charge in [-0.05, 0) is 46.4 Å². The van der Waals surface area contributed by atoms with Crippen molar-refractivity contribution in [1.29, 1.82) is 0 Å². The van der Waals surface area contributed by atoms with Gasteiger partial charge in [-0.2, -0.15) is 13.2 Å². The first kappa shape index (κ1) is 15.3. The molecule has 1 unspecified atom stereocenters. The van der Waals surface area contributed by atoms with E-state index in [-0.39, 0.29) is 3.58 Å². The second kappa shape index (κ2) is 5.92. The molecule has 0 saturated heterocycles. The van der Waals surface area contributed by atoms with Crippen LogP contribution in [0.5, 0.6) is 0 Å². The van der Waals surface area contributed by atoms with Crippen molar-refractivity contribution in [2.45, 2.75) is 12.3 Å².